The Morgan fingerprint density at radius 1 is 1.14 bits per heavy atom. The van der Waals surface area contributed by atoms with E-state index in [1.807, 2.05) is 18.2 Å². The minimum Gasteiger partial charge on any atom is -0.294 e. The van der Waals surface area contributed by atoms with Gasteiger partial charge in [0.05, 0.1) is 17.1 Å². The molecule has 0 radical (unpaired) electrons. The molecule has 0 spiro atoms. The monoisotopic (exact) mass is 434 g/mol. The van der Waals surface area contributed by atoms with Crippen molar-refractivity contribution >= 4 is 54.5 Å². The van der Waals surface area contributed by atoms with Gasteiger partial charge >= 0.3 is 0 Å². The van der Waals surface area contributed by atoms with Crippen molar-refractivity contribution < 1.29 is 8.78 Å². The largest absolute Gasteiger partial charge is 0.294 e. The first kappa shape index (κ1) is 14.9. The molecule has 108 valence electrons. The van der Waals surface area contributed by atoms with Crippen LogP contribution in [0, 0.1) is 11.6 Å². The van der Waals surface area contributed by atoms with Crippen molar-refractivity contribution in [1.29, 1.82) is 0 Å². The van der Waals surface area contributed by atoms with E-state index in [0.717, 1.165) is 15.0 Å². The van der Waals surface area contributed by atoms with Crippen molar-refractivity contribution in [3.05, 3.63) is 56.7 Å². The summed E-state index contributed by atoms with van der Waals surface area (Å²) in [7, 11) is 0. The molecule has 3 aromatic rings. The molecule has 0 atom stereocenters. The molecule has 0 saturated heterocycles. The van der Waals surface area contributed by atoms with Crippen molar-refractivity contribution in [2.24, 2.45) is 0 Å². The van der Waals surface area contributed by atoms with E-state index in [2.05, 4.69) is 36.8 Å². The zero-order chi connectivity index (χ0) is 15.1. The Morgan fingerprint density at radius 2 is 1.90 bits per heavy atom. The Hall–Kier alpha value is -0.980. The molecule has 0 unspecified atom stereocenters. The zero-order valence-electron chi connectivity index (χ0n) is 10.4. The van der Waals surface area contributed by atoms with E-state index in [9.17, 15) is 8.78 Å². The number of nitrogens with zero attached hydrogens (tertiary/aromatic N) is 2. The summed E-state index contributed by atoms with van der Waals surface area (Å²) in [6.45, 7) is 0. The number of imidazole rings is 1. The van der Waals surface area contributed by atoms with Gasteiger partial charge in [-0.25, -0.2) is 13.8 Å². The second kappa shape index (κ2) is 5.66. The summed E-state index contributed by atoms with van der Waals surface area (Å²) in [6.07, 6.45) is 0. The highest BCUT2D eigenvalue weighted by Crippen LogP contribution is 2.31. The van der Waals surface area contributed by atoms with Gasteiger partial charge in [-0.2, -0.15) is 0 Å². The highest BCUT2D eigenvalue weighted by Gasteiger charge is 2.17. The predicted molar refractivity (Wildman–Crippen MR) is 85.9 cm³/mol. The summed E-state index contributed by atoms with van der Waals surface area (Å²) in [6, 6.07) is 7.55. The van der Waals surface area contributed by atoms with Crippen molar-refractivity contribution in [3.63, 3.8) is 0 Å². The van der Waals surface area contributed by atoms with Gasteiger partial charge in [-0.1, -0.05) is 15.9 Å². The van der Waals surface area contributed by atoms with E-state index in [0.29, 0.717) is 17.0 Å². The van der Waals surface area contributed by atoms with Crippen LogP contribution in [0.4, 0.5) is 8.78 Å². The summed E-state index contributed by atoms with van der Waals surface area (Å²) < 4.78 is 30.7. The predicted octanol–water partition coefficient (Wildman–Crippen LogP) is 5.57. The Bertz CT molecular complexity index is 849. The molecule has 0 aliphatic heterocycles. The molecule has 2 aromatic carbocycles. The van der Waals surface area contributed by atoms with Crippen LogP contribution in [0.5, 0.6) is 0 Å². The minimum atomic E-state index is -0.705. The van der Waals surface area contributed by atoms with Gasteiger partial charge in [0.25, 0.3) is 0 Å². The average molecular weight is 436 g/mol. The smallest absolute Gasteiger partial charge is 0.153 e. The number of rotatable bonds is 2. The lowest BCUT2D eigenvalue weighted by Gasteiger charge is -2.10. The third-order valence-electron chi connectivity index (χ3n) is 3.02. The van der Waals surface area contributed by atoms with Gasteiger partial charge in [0.1, 0.15) is 17.2 Å². The second-order valence-corrected chi connectivity index (χ2v) is 6.39. The quantitative estimate of drug-likeness (QED) is 0.481. The molecule has 0 fully saturated rings. The Kier molecular flexibility index (Phi) is 4.03. The minimum absolute atomic E-state index is 0.0816. The SMILES string of the molecule is Fc1cc(F)c2nc(CCl)n(-c3ccc(Br)cc3Br)c2c1. The zero-order valence-corrected chi connectivity index (χ0v) is 14.3. The van der Waals surface area contributed by atoms with E-state index in [4.69, 9.17) is 11.6 Å². The molecule has 1 heterocycles. The average Bonchev–Trinajstić information content (AvgIpc) is 2.77. The van der Waals surface area contributed by atoms with Gasteiger partial charge in [0, 0.05) is 21.1 Å². The molecule has 2 nitrogen and oxygen atoms in total. The van der Waals surface area contributed by atoms with Crippen LogP contribution in [0.25, 0.3) is 16.7 Å². The fraction of sp³-hybridized carbons (Fsp3) is 0.0714. The third-order valence-corrected chi connectivity index (χ3v) is 4.39. The maximum Gasteiger partial charge on any atom is 0.153 e. The highest BCUT2D eigenvalue weighted by atomic mass is 79.9. The number of halogens is 5. The van der Waals surface area contributed by atoms with Crippen LogP contribution in [0.1, 0.15) is 5.82 Å². The summed E-state index contributed by atoms with van der Waals surface area (Å²) >= 11 is 12.7. The van der Waals surface area contributed by atoms with Gasteiger partial charge in [-0.3, -0.25) is 4.57 Å². The topological polar surface area (TPSA) is 17.8 Å². The normalized spacial score (nSPS) is 11.3. The lowest BCUT2D eigenvalue weighted by molar-refractivity contribution is 0.590. The van der Waals surface area contributed by atoms with Gasteiger partial charge in [0.15, 0.2) is 5.82 Å². The molecule has 0 aliphatic carbocycles. The first-order chi connectivity index (χ1) is 10.0. The van der Waals surface area contributed by atoms with E-state index in [1.54, 1.807) is 4.57 Å². The van der Waals surface area contributed by atoms with Crippen LogP contribution >= 0.6 is 43.5 Å². The van der Waals surface area contributed by atoms with Crippen LogP contribution in [0.3, 0.4) is 0 Å². The fourth-order valence-corrected chi connectivity index (χ4v) is 3.58. The Labute approximate surface area is 141 Å². The number of hydrogen-bond donors (Lipinski definition) is 0. The van der Waals surface area contributed by atoms with Gasteiger partial charge in [-0.05, 0) is 34.1 Å². The molecular weight excluding hydrogens is 429 g/mol. The Morgan fingerprint density at radius 3 is 2.57 bits per heavy atom. The number of alkyl halides is 1. The van der Waals surface area contributed by atoms with Gasteiger partial charge < -0.3 is 0 Å². The van der Waals surface area contributed by atoms with Crippen molar-refractivity contribution in [3.8, 4) is 5.69 Å². The standard InChI is InChI=1S/C14H7Br2ClF2N2/c15-7-1-2-11(9(16)3-7)21-12-5-8(18)4-10(19)14(12)20-13(21)6-17/h1-5H,6H2. The van der Waals surface area contributed by atoms with Gasteiger partial charge in [0.2, 0.25) is 0 Å². The highest BCUT2D eigenvalue weighted by molar-refractivity contribution is 9.11. The first-order valence-electron chi connectivity index (χ1n) is 5.89. The Balaban J connectivity index is 2.40. The molecule has 0 saturated carbocycles. The van der Waals surface area contributed by atoms with Gasteiger partial charge in [-0.15, -0.1) is 11.6 Å². The van der Waals surface area contributed by atoms with Crippen LogP contribution in [-0.4, -0.2) is 9.55 Å². The summed E-state index contributed by atoms with van der Waals surface area (Å²) in [5.41, 5.74) is 1.15. The second-order valence-electron chi connectivity index (χ2n) is 4.35. The molecule has 7 heteroatoms. The van der Waals surface area contributed by atoms with Crippen LogP contribution < -0.4 is 0 Å². The van der Waals surface area contributed by atoms with Crippen molar-refractivity contribution in [1.82, 2.24) is 9.55 Å². The molecule has 0 bridgehead atoms. The fourth-order valence-electron chi connectivity index (χ4n) is 2.17. The summed E-state index contributed by atoms with van der Waals surface area (Å²) in [4.78, 5) is 4.17. The van der Waals surface area contributed by atoms with E-state index < -0.39 is 11.6 Å². The molecule has 21 heavy (non-hydrogen) atoms. The number of fused-ring (bicyclic) bond motifs is 1. The van der Waals surface area contributed by atoms with Crippen LogP contribution in [0.15, 0.2) is 39.3 Å². The lowest BCUT2D eigenvalue weighted by atomic mass is 10.2. The molecule has 0 amide bonds. The lowest BCUT2D eigenvalue weighted by Crippen LogP contribution is -2.00. The first-order valence-corrected chi connectivity index (χ1v) is 8.01. The van der Waals surface area contributed by atoms with Crippen LogP contribution in [0.2, 0.25) is 0 Å². The third kappa shape index (κ3) is 2.60. The van der Waals surface area contributed by atoms with E-state index in [-0.39, 0.29) is 11.4 Å². The van der Waals surface area contributed by atoms with E-state index >= 15 is 0 Å². The molecule has 0 N–H and O–H groups in total. The molecule has 3 rings (SSSR count). The maximum atomic E-state index is 13.9. The summed E-state index contributed by atoms with van der Waals surface area (Å²) in [5.74, 6) is -0.837. The summed E-state index contributed by atoms with van der Waals surface area (Å²) in [5, 5.41) is 0. The maximum absolute atomic E-state index is 13.9. The van der Waals surface area contributed by atoms with Crippen molar-refractivity contribution in [2.45, 2.75) is 5.88 Å². The van der Waals surface area contributed by atoms with Crippen molar-refractivity contribution in [2.75, 3.05) is 0 Å². The number of aromatic nitrogens is 2. The number of benzene rings is 2. The van der Waals surface area contributed by atoms with Crippen LogP contribution in [-0.2, 0) is 5.88 Å². The molecule has 0 aliphatic rings. The molecule has 1 aromatic heterocycles. The molecular formula is C14H7Br2ClF2N2. The number of hydrogen-bond acceptors (Lipinski definition) is 1. The van der Waals surface area contributed by atoms with E-state index in [1.165, 1.54) is 6.07 Å².